The number of nitrogens with zero attached hydrogens (tertiary/aromatic N) is 1. The van der Waals surface area contributed by atoms with Crippen LogP contribution in [0, 0.1) is 0 Å². The molecule has 0 bridgehead atoms. The minimum atomic E-state index is 0. The van der Waals surface area contributed by atoms with E-state index in [-0.39, 0.29) is 29.8 Å². The molecule has 3 nitrogen and oxygen atoms in total. The van der Waals surface area contributed by atoms with Gasteiger partial charge in [0.15, 0.2) is 18.2 Å². The Morgan fingerprint density at radius 3 is 2.04 bits per heavy atom. The molecule has 27 heavy (non-hydrogen) atoms. The molecule has 138 valence electrons. The van der Waals surface area contributed by atoms with Crippen molar-refractivity contribution in [2.45, 2.75) is 6.42 Å². The van der Waals surface area contributed by atoms with Crippen LogP contribution in [0.1, 0.15) is 21.5 Å². The highest BCUT2D eigenvalue weighted by Gasteiger charge is 2.07. The van der Waals surface area contributed by atoms with Gasteiger partial charge < -0.3 is 29.3 Å². The summed E-state index contributed by atoms with van der Waals surface area (Å²) in [5, 5.41) is 3.43. The van der Waals surface area contributed by atoms with E-state index in [1.54, 1.807) is 6.08 Å². The number of nitrogens with one attached hydrogen (secondary N) is 1. The highest BCUT2D eigenvalue weighted by Crippen LogP contribution is 2.13. The number of carbonyl (C=O) groups is 1. The van der Waals surface area contributed by atoms with Crippen molar-refractivity contribution in [1.29, 1.82) is 0 Å². The van der Waals surface area contributed by atoms with Crippen LogP contribution in [0.15, 0.2) is 91.3 Å². The van der Waals surface area contributed by atoms with Gasteiger partial charge >= 0.3 is 0 Å². The molecule has 0 saturated carbocycles. The molecule has 0 amide bonds. The number of hydrogen-bond acceptors (Lipinski definition) is 2. The van der Waals surface area contributed by atoms with E-state index in [9.17, 15) is 4.79 Å². The molecule has 0 fully saturated rings. The zero-order valence-corrected chi connectivity index (χ0v) is 17.5. The SMILES string of the molecule is C[n+]1ccc(CCN/C(=C\C(=O)c2ccccc2)c2ccccc2)cc1.[I-]. The summed E-state index contributed by atoms with van der Waals surface area (Å²) in [5.74, 6) is 0.00342. The number of hydrogen-bond donors (Lipinski definition) is 1. The maximum absolute atomic E-state index is 12.6. The summed E-state index contributed by atoms with van der Waals surface area (Å²) >= 11 is 0. The number of aromatic nitrogens is 1. The number of rotatable bonds is 7. The Balaban J connectivity index is 0.00000261. The van der Waals surface area contributed by atoms with E-state index < -0.39 is 0 Å². The summed E-state index contributed by atoms with van der Waals surface area (Å²) in [7, 11) is 2.01. The molecule has 0 radical (unpaired) electrons. The van der Waals surface area contributed by atoms with Crippen molar-refractivity contribution in [3.05, 3.63) is 108 Å². The van der Waals surface area contributed by atoms with Gasteiger partial charge in [0, 0.05) is 36.0 Å². The summed E-state index contributed by atoms with van der Waals surface area (Å²) in [6.45, 7) is 0.760. The van der Waals surface area contributed by atoms with Crippen LogP contribution in [0.3, 0.4) is 0 Å². The highest BCUT2D eigenvalue weighted by atomic mass is 127. The van der Waals surface area contributed by atoms with Crippen LogP contribution in [-0.2, 0) is 13.5 Å². The van der Waals surface area contributed by atoms with Crippen molar-refractivity contribution < 1.29 is 33.3 Å². The third-order valence-corrected chi connectivity index (χ3v) is 4.20. The fourth-order valence-corrected chi connectivity index (χ4v) is 2.71. The number of carbonyl (C=O) groups excluding carboxylic acids is 1. The molecule has 0 saturated heterocycles. The van der Waals surface area contributed by atoms with Gasteiger partial charge in [0.25, 0.3) is 0 Å². The fraction of sp³-hybridized carbons (Fsp3) is 0.130. The van der Waals surface area contributed by atoms with Gasteiger partial charge in [-0.05, 0) is 17.5 Å². The van der Waals surface area contributed by atoms with E-state index in [1.807, 2.05) is 84.7 Å². The zero-order chi connectivity index (χ0) is 18.2. The Kier molecular flexibility index (Phi) is 8.20. The molecule has 2 aromatic carbocycles. The summed E-state index contributed by atoms with van der Waals surface area (Å²) in [6.07, 6.45) is 6.67. The van der Waals surface area contributed by atoms with Gasteiger partial charge in [-0.2, -0.15) is 0 Å². The lowest BCUT2D eigenvalue weighted by Gasteiger charge is -2.11. The van der Waals surface area contributed by atoms with Gasteiger partial charge in [0.05, 0.1) is 0 Å². The number of aryl methyl sites for hydroxylation is 1. The van der Waals surface area contributed by atoms with Crippen LogP contribution < -0.4 is 33.9 Å². The van der Waals surface area contributed by atoms with Gasteiger partial charge in [-0.3, -0.25) is 4.79 Å². The molecule has 0 aliphatic heterocycles. The standard InChI is InChI=1S/C23H22N2O.HI/c1-25-16-13-19(14-17-25)12-15-24-22(20-8-4-2-5-9-20)18-23(26)21-10-6-3-7-11-21;/h2-11,13-14,16-18H,12,15H2,1H3;1H. The quantitative estimate of drug-likeness (QED) is 0.237. The molecule has 1 N–H and O–H groups in total. The largest absolute Gasteiger partial charge is 1.00 e. The predicted molar refractivity (Wildman–Crippen MR) is 105 cm³/mol. The van der Waals surface area contributed by atoms with Crippen molar-refractivity contribution in [3.63, 3.8) is 0 Å². The lowest BCUT2D eigenvalue weighted by molar-refractivity contribution is -0.671. The first-order valence-corrected chi connectivity index (χ1v) is 8.77. The third-order valence-electron chi connectivity index (χ3n) is 4.20. The van der Waals surface area contributed by atoms with Gasteiger partial charge in [0.2, 0.25) is 0 Å². The minimum Gasteiger partial charge on any atom is -1.00 e. The van der Waals surface area contributed by atoms with Crippen molar-refractivity contribution >= 4 is 11.5 Å². The first-order chi connectivity index (χ1) is 12.7. The average molecular weight is 470 g/mol. The molecule has 0 spiro atoms. The van der Waals surface area contributed by atoms with E-state index >= 15 is 0 Å². The van der Waals surface area contributed by atoms with Gasteiger partial charge in [-0.25, -0.2) is 4.57 Å². The average Bonchev–Trinajstić information content (AvgIpc) is 2.70. The number of halogens is 1. The van der Waals surface area contributed by atoms with E-state index in [2.05, 4.69) is 17.4 Å². The molecule has 3 aromatic rings. The topological polar surface area (TPSA) is 33.0 Å². The first-order valence-electron chi connectivity index (χ1n) is 8.77. The smallest absolute Gasteiger partial charge is 0.187 e. The van der Waals surface area contributed by atoms with E-state index in [0.717, 1.165) is 24.2 Å². The number of pyridine rings is 1. The van der Waals surface area contributed by atoms with E-state index in [4.69, 9.17) is 0 Å². The van der Waals surface area contributed by atoms with E-state index in [0.29, 0.717) is 5.56 Å². The molecule has 0 unspecified atom stereocenters. The van der Waals surface area contributed by atoms with Crippen molar-refractivity contribution in [2.24, 2.45) is 7.05 Å². The number of benzene rings is 2. The summed E-state index contributed by atoms with van der Waals surface area (Å²) in [4.78, 5) is 12.6. The van der Waals surface area contributed by atoms with Gasteiger partial charge in [-0.1, -0.05) is 60.7 Å². The monoisotopic (exact) mass is 470 g/mol. The lowest BCUT2D eigenvalue weighted by Crippen LogP contribution is -3.00. The normalized spacial score (nSPS) is 10.8. The maximum Gasteiger partial charge on any atom is 0.187 e. The summed E-state index contributed by atoms with van der Waals surface area (Å²) in [6, 6.07) is 23.5. The van der Waals surface area contributed by atoms with Crippen LogP contribution in [0.4, 0.5) is 0 Å². The Labute approximate surface area is 177 Å². The zero-order valence-electron chi connectivity index (χ0n) is 15.3. The summed E-state index contributed by atoms with van der Waals surface area (Å²) < 4.78 is 2.02. The summed E-state index contributed by atoms with van der Waals surface area (Å²) in [5.41, 5.74) is 3.81. The van der Waals surface area contributed by atoms with Crippen LogP contribution in [0.25, 0.3) is 5.70 Å². The Hall–Kier alpha value is -2.47. The second-order valence-electron chi connectivity index (χ2n) is 6.20. The fourth-order valence-electron chi connectivity index (χ4n) is 2.71. The second kappa shape index (κ2) is 10.6. The molecule has 1 heterocycles. The van der Waals surface area contributed by atoms with Crippen molar-refractivity contribution in [1.82, 2.24) is 5.32 Å². The molecule has 0 atom stereocenters. The maximum atomic E-state index is 12.6. The first kappa shape index (κ1) is 20.8. The third kappa shape index (κ3) is 6.32. The Morgan fingerprint density at radius 2 is 1.44 bits per heavy atom. The molecular formula is C23H23IN2O. The molecule has 4 heteroatoms. The van der Waals surface area contributed by atoms with Crippen LogP contribution >= 0.6 is 0 Å². The Morgan fingerprint density at radius 1 is 0.889 bits per heavy atom. The molecule has 0 aliphatic carbocycles. The second-order valence-corrected chi connectivity index (χ2v) is 6.20. The van der Waals surface area contributed by atoms with Crippen molar-refractivity contribution in [2.75, 3.05) is 6.54 Å². The van der Waals surface area contributed by atoms with Crippen molar-refractivity contribution in [3.8, 4) is 0 Å². The van der Waals surface area contributed by atoms with E-state index in [1.165, 1.54) is 5.56 Å². The van der Waals surface area contributed by atoms with Crippen LogP contribution in [-0.4, -0.2) is 12.3 Å². The Bertz CT molecular complexity index is 875. The predicted octanol–water partition coefficient (Wildman–Crippen LogP) is 0.571. The number of allylic oxidation sites excluding steroid dienone is 1. The van der Waals surface area contributed by atoms with Crippen LogP contribution in [0.5, 0.6) is 0 Å². The lowest BCUT2D eigenvalue weighted by atomic mass is 10.1. The van der Waals surface area contributed by atoms with Crippen LogP contribution in [0.2, 0.25) is 0 Å². The highest BCUT2D eigenvalue weighted by molar-refractivity contribution is 6.08. The molecule has 3 rings (SSSR count). The number of ketones is 1. The van der Waals surface area contributed by atoms with Gasteiger partial charge in [-0.15, -0.1) is 0 Å². The minimum absolute atomic E-state index is 0. The van der Waals surface area contributed by atoms with Gasteiger partial charge in [0.1, 0.15) is 7.05 Å². The molecule has 0 aliphatic rings. The molecule has 1 aromatic heterocycles. The molecular weight excluding hydrogens is 447 g/mol.